The van der Waals surface area contributed by atoms with Gasteiger partial charge in [0.15, 0.2) is 0 Å². The average Bonchev–Trinajstić information content (AvgIpc) is 2.56. The van der Waals surface area contributed by atoms with Crippen LogP contribution in [0.15, 0.2) is 53.3 Å². The number of benzene rings is 1. The number of hydrogen-bond donors (Lipinski definition) is 1. The van der Waals surface area contributed by atoms with Crippen LogP contribution >= 0.6 is 15.9 Å². The molecule has 114 valence electrons. The largest absolute Gasteiger partial charge is 0.467 e. The van der Waals surface area contributed by atoms with E-state index in [0.717, 1.165) is 10.0 Å². The van der Waals surface area contributed by atoms with Gasteiger partial charge in [-0.15, -0.1) is 0 Å². The molecule has 22 heavy (non-hydrogen) atoms. The smallest absolute Gasteiger partial charge is 0.328 e. The SMILES string of the molecule is COC(=O)[C@H](Cc1ccccc1Br)NC(=O)c1ccncc1. The van der Waals surface area contributed by atoms with Crippen LogP contribution in [0.25, 0.3) is 0 Å². The van der Waals surface area contributed by atoms with E-state index in [1.165, 1.54) is 19.5 Å². The lowest BCUT2D eigenvalue weighted by atomic mass is 10.1. The first-order chi connectivity index (χ1) is 10.6. The van der Waals surface area contributed by atoms with Crippen molar-refractivity contribution in [3.8, 4) is 0 Å². The Balaban J connectivity index is 2.15. The molecule has 0 aliphatic heterocycles. The number of esters is 1. The summed E-state index contributed by atoms with van der Waals surface area (Å²) in [6.45, 7) is 0. The molecule has 0 fully saturated rings. The van der Waals surface area contributed by atoms with Gasteiger partial charge in [-0.3, -0.25) is 9.78 Å². The summed E-state index contributed by atoms with van der Waals surface area (Å²) in [6.07, 6.45) is 3.39. The normalized spacial score (nSPS) is 11.5. The molecule has 1 aromatic heterocycles. The zero-order chi connectivity index (χ0) is 15.9. The van der Waals surface area contributed by atoms with Gasteiger partial charge in [0.2, 0.25) is 0 Å². The molecule has 1 atom stereocenters. The third-order valence-corrected chi connectivity index (χ3v) is 3.89. The molecule has 0 unspecified atom stereocenters. The van der Waals surface area contributed by atoms with E-state index in [-0.39, 0.29) is 5.91 Å². The zero-order valence-electron chi connectivity index (χ0n) is 12.0. The maximum absolute atomic E-state index is 12.2. The van der Waals surface area contributed by atoms with Crippen LogP contribution in [-0.2, 0) is 16.0 Å². The number of halogens is 1. The van der Waals surface area contributed by atoms with Crippen LogP contribution < -0.4 is 5.32 Å². The average molecular weight is 363 g/mol. The zero-order valence-corrected chi connectivity index (χ0v) is 13.5. The van der Waals surface area contributed by atoms with Gasteiger partial charge < -0.3 is 10.1 Å². The number of aromatic nitrogens is 1. The third-order valence-electron chi connectivity index (χ3n) is 3.12. The topological polar surface area (TPSA) is 68.3 Å². The molecule has 6 heteroatoms. The Morgan fingerprint density at radius 1 is 1.23 bits per heavy atom. The van der Waals surface area contributed by atoms with Crippen LogP contribution in [0, 0.1) is 0 Å². The Morgan fingerprint density at radius 2 is 1.91 bits per heavy atom. The van der Waals surface area contributed by atoms with Gasteiger partial charge in [-0.05, 0) is 23.8 Å². The van der Waals surface area contributed by atoms with Gasteiger partial charge in [-0.2, -0.15) is 0 Å². The fourth-order valence-electron chi connectivity index (χ4n) is 1.96. The summed E-state index contributed by atoms with van der Waals surface area (Å²) in [5, 5.41) is 2.70. The van der Waals surface area contributed by atoms with Gasteiger partial charge in [0.25, 0.3) is 5.91 Å². The number of ether oxygens (including phenoxy) is 1. The first kappa shape index (κ1) is 16.2. The van der Waals surface area contributed by atoms with Crippen molar-refractivity contribution in [1.82, 2.24) is 10.3 Å². The van der Waals surface area contributed by atoms with Crippen LogP contribution in [0.4, 0.5) is 0 Å². The third kappa shape index (κ3) is 4.14. The van der Waals surface area contributed by atoms with Gasteiger partial charge in [0, 0.05) is 28.9 Å². The minimum Gasteiger partial charge on any atom is -0.467 e. The van der Waals surface area contributed by atoms with Crippen molar-refractivity contribution >= 4 is 27.8 Å². The molecule has 1 aromatic carbocycles. The summed E-state index contributed by atoms with van der Waals surface area (Å²) < 4.78 is 5.66. The van der Waals surface area contributed by atoms with E-state index in [1.54, 1.807) is 12.1 Å². The summed E-state index contributed by atoms with van der Waals surface area (Å²) in [5.74, 6) is -0.831. The Labute approximate surface area is 136 Å². The highest BCUT2D eigenvalue weighted by Crippen LogP contribution is 2.18. The van der Waals surface area contributed by atoms with Gasteiger partial charge in [-0.1, -0.05) is 34.1 Å². The number of nitrogens with one attached hydrogen (secondary N) is 1. The summed E-state index contributed by atoms with van der Waals surface area (Å²) in [4.78, 5) is 28.0. The van der Waals surface area contributed by atoms with Crippen LogP contribution in [0.1, 0.15) is 15.9 Å². The summed E-state index contributed by atoms with van der Waals surface area (Å²) in [6, 6.07) is 9.94. The summed E-state index contributed by atoms with van der Waals surface area (Å²) >= 11 is 3.43. The highest BCUT2D eigenvalue weighted by atomic mass is 79.9. The standard InChI is InChI=1S/C16H15BrN2O3/c1-22-16(21)14(10-12-4-2-3-5-13(12)17)19-15(20)11-6-8-18-9-7-11/h2-9,14H,10H2,1H3,(H,19,20)/t14-/m0/s1. The van der Waals surface area contributed by atoms with Crippen molar-refractivity contribution in [3.05, 3.63) is 64.4 Å². The molecular weight excluding hydrogens is 348 g/mol. The molecule has 2 rings (SSSR count). The van der Waals surface area contributed by atoms with Gasteiger partial charge in [-0.25, -0.2) is 4.79 Å². The molecule has 0 aliphatic carbocycles. The number of rotatable bonds is 5. The number of carbonyl (C=O) groups excluding carboxylic acids is 2. The Hall–Kier alpha value is -2.21. The summed E-state index contributed by atoms with van der Waals surface area (Å²) in [5.41, 5.74) is 1.35. The number of carbonyl (C=O) groups is 2. The highest BCUT2D eigenvalue weighted by molar-refractivity contribution is 9.10. The molecule has 1 N–H and O–H groups in total. The number of hydrogen-bond acceptors (Lipinski definition) is 4. The molecule has 5 nitrogen and oxygen atoms in total. The summed E-state index contributed by atoms with van der Waals surface area (Å²) in [7, 11) is 1.30. The van der Waals surface area contributed by atoms with Crippen LogP contribution in [0.3, 0.4) is 0 Å². The molecule has 0 saturated carbocycles. The second-order valence-corrected chi connectivity index (χ2v) is 5.43. The number of amides is 1. The first-order valence-electron chi connectivity index (χ1n) is 6.64. The van der Waals surface area contributed by atoms with Crippen molar-refractivity contribution in [2.75, 3.05) is 7.11 Å². The predicted molar refractivity (Wildman–Crippen MR) is 85.4 cm³/mol. The lowest BCUT2D eigenvalue weighted by Crippen LogP contribution is -2.43. The number of methoxy groups -OCH3 is 1. The molecule has 0 radical (unpaired) electrons. The van der Waals surface area contributed by atoms with Gasteiger partial charge in [0.1, 0.15) is 6.04 Å². The Bertz CT molecular complexity index is 661. The lowest BCUT2D eigenvalue weighted by Gasteiger charge is -2.17. The van der Waals surface area contributed by atoms with Crippen LogP contribution in [0.2, 0.25) is 0 Å². The molecule has 1 heterocycles. The monoisotopic (exact) mass is 362 g/mol. The van der Waals surface area contributed by atoms with E-state index < -0.39 is 12.0 Å². The van der Waals surface area contributed by atoms with Gasteiger partial charge >= 0.3 is 5.97 Å². The van der Waals surface area contributed by atoms with Crippen molar-refractivity contribution in [2.45, 2.75) is 12.5 Å². The second-order valence-electron chi connectivity index (χ2n) is 4.58. The number of nitrogens with zero attached hydrogens (tertiary/aromatic N) is 1. The fourth-order valence-corrected chi connectivity index (χ4v) is 2.41. The molecule has 0 aliphatic rings. The molecule has 0 saturated heterocycles. The highest BCUT2D eigenvalue weighted by Gasteiger charge is 2.23. The minimum absolute atomic E-state index is 0.338. The van der Waals surface area contributed by atoms with Gasteiger partial charge in [0.05, 0.1) is 7.11 Å². The van der Waals surface area contributed by atoms with E-state index in [9.17, 15) is 9.59 Å². The van der Waals surface area contributed by atoms with Crippen molar-refractivity contribution in [2.24, 2.45) is 0 Å². The molecule has 1 amide bonds. The molecule has 2 aromatic rings. The lowest BCUT2D eigenvalue weighted by molar-refractivity contribution is -0.142. The fraction of sp³-hybridized carbons (Fsp3) is 0.188. The van der Waals surface area contributed by atoms with E-state index in [2.05, 4.69) is 26.2 Å². The predicted octanol–water partition coefficient (Wildman–Crippen LogP) is 2.36. The maximum atomic E-state index is 12.2. The second kappa shape index (κ2) is 7.70. The first-order valence-corrected chi connectivity index (χ1v) is 7.43. The minimum atomic E-state index is -0.760. The van der Waals surface area contributed by atoms with Crippen LogP contribution in [0.5, 0.6) is 0 Å². The van der Waals surface area contributed by atoms with E-state index in [0.29, 0.717) is 12.0 Å². The van der Waals surface area contributed by atoms with E-state index >= 15 is 0 Å². The molecule has 0 spiro atoms. The van der Waals surface area contributed by atoms with Crippen molar-refractivity contribution in [1.29, 1.82) is 0 Å². The molecular formula is C16H15BrN2O3. The van der Waals surface area contributed by atoms with Crippen molar-refractivity contribution in [3.63, 3.8) is 0 Å². The van der Waals surface area contributed by atoms with E-state index in [1.807, 2.05) is 24.3 Å². The quantitative estimate of drug-likeness (QED) is 0.829. The Morgan fingerprint density at radius 3 is 2.55 bits per heavy atom. The number of pyridine rings is 1. The maximum Gasteiger partial charge on any atom is 0.328 e. The van der Waals surface area contributed by atoms with Crippen LogP contribution in [-0.4, -0.2) is 30.0 Å². The molecule has 0 bridgehead atoms. The van der Waals surface area contributed by atoms with E-state index in [4.69, 9.17) is 4.74 Å². The Kier molecular flexibility index (Phi) is 5.66. The van der Waals surface area contributed by atoms with Crippen molar-refractivity contribution < 1.29 is 14.3 Å².